The van der Waals surface area contributed by atoms with Crippen LogP contribution in [0.4, 0.5) is 5.69 Å². The molecule has 68 valence electrons. The van der Waals surface area contributed by atoms with Crippen LogP contribution in [0.3, 0.4) is 0 Å². The quantitative estimate of drug-likeness (QED) is 0.476. The monoisotopic (exact) mass is 175 g/mol. The van der Waals surface area contributed by atoms with E-state index in [1.54, 1.807) is 6.07 Å². The molecule has 0 unspecified atom stereocenters. The molecule has 0 heterocycles. The van der Waals surface area contributed by atoms with Gasteiger partial charge >= 0.3 is 0 Å². The summed E-state index contributed by atoms with van der Waals surface area (Å²) in [5, 5.41) is 0. The summed E-state index contributed by atoms with van der Waals surface area (Å²) in [4.78, 5) is 13.6. The van der Waals surface area contributed by atoms with Crippen LogP contribution in [0.15, 0.2) is 29.3 Å². The maximum absolute atomic E-state index is 10.0. The SMILES string of the molecule is CC(C)(C)c1cccc(N=C=O)c1. The minimum atomic E-state index is 0.0917. The van der Waals surface area contributed by atoms with Crippen LogP contribution in [0.2, 0.25) is 0 Å². The summed E-state index contributed by atoms with van der Waals surface area (Å²) < 4.78 is 0. The van der Waals surface area contributed by atoms with Crippen molar-refractivity contribution in [1.29, 1.82) is 0 Å². The molecule has 0 fully saturated rings. The average molecular weight is 175 g/mol. The zero-order valence-electron chi connectivity index (χ0n) is 8.16. The van der Waals surface area contributed by atoms with E-state index in [0.717, 1.165) is 0 Å². The number of hydrogen-bond acceptors (Lipinski definition) is 2. The Balaban J connectivity index is 3.12. The van der Waals surface area contributed by atoms with Crippen LogP contribution in [-0.2, 0) is 10.2 Å². The fourth-order valence-corrected chi connectivity index (χ4v) is 1.09. The second kappa shape index (κ2) is 3.55. The zero-order valence-corrected chi connectivity index (χ0v) is 8.16. The Kier molecular flexibility index (Phi) is 2.64. The van der Waals surface area contributed by atoms with E-state index in [0.29, 0.717) is 5.69 Å². The Morgan fingerprint density at radius 3 is 2.54 bits per heavy atom. The van der Waals surface area contributed by atoms with Gasteiger partial charge in [0, 0.05) is 0 Å². The first-order valence-electron chi connectivity index (χ1n) is 4.22. The first-order chi connectivity index (χ1) is 6.04. The van der Waals surface area contributed by atoms with Crippen molar-refractivity contribution in [1.82, 2.24) is 0 Å². The molecule has 2 heteroatoms. The van der Waals surface area contributed by atoms with Gasteiger partial charge < -0.3 is 0 Å². The van der Waals surface area contributed by atoms with Crippen molar-refractivity contribution in [3.63, 3.8) is 0 Å². The van der Waals surface area contributed by atoms with E-state index in [4.69, 9.17) is 0 Å². The van der Waals surface area contributed by atoms with Crippen LogP contribution < -0.4 is 0 Å². The topological polar surface area (TPSA) is 29.4 Å². The highest BCUT2D eigenvalue weighted by Crippen LogP contribution is 2.25. The van der Waals surface area contributed by atoms with Gasteiger partial charge in [-0.3, -0.25) is 0 Å². The number of nitrogens with zero attached hydrogens (tertiary/aromatic N) is 1. The van der Waals surface area contributed by atoms with Gasteiger partial charge in [-0.05, 0) is 23.1 Å². The third-order valence-electron chi connectivity index (χ3n) is 1.89. The second-order valence-corrected chi connectivity index (χ2v) is 4.00. The van der Waals surface area contributed by atoms with Gasteiger partial charge in [0.15, 0.2) is 0 Å². The molecule has 0 N–H and O–H groups in total. The fraction of sp³-hybridized carbons (Fsp3) is 0.364. The third kappa shape index (κ3) is 2.53. The normalized spacial score (nSPS) is 10.7. The Hall–Kier alpha value is -1.40. The number of rotatable bonds is 1. The molecule has 0 bridgehead atoms. The summed E-state index contributed by atoms with van der Waals surface area (Å²) in [6, 6.07) is 7.63. The van der Waals surface area contributed by atoms with Gasteiger partial charge in [-0.15, -0.1) is 0 Å². The molecule has 0 radical (unpaired) electrons. The molecule has 0 aliphatic carbocycles. The summed E-state index contributed by atoms with van der Waals surface area (Å²) in [6.45, 7) is 6.37. The van der Waals surface area contributed by atoms with Crippen molar-refractivity contribution < 1.29 is 4.79 Å². The van der Waals surface area contributed by atoms with Crippen LogP contribution in [0.5, 0.6) is 0 Å². The maximum atomic E-state index is 10.0. The minimum absolute atomic E-state index is 0.0917. The van der Waals surface area contributed by atoms with E-state index in [-0.39, 0.29) is 5.41 Å². The maximum Gasteiger partial charge on any atom is 0.240 e. The van der Waals surface area contributed by atoms with Crippen LogP contribution in [0, 0.1) is 0 Å². The summed E-state index contributed by atoms with van der Waals surface area (Å²) in [5.74, 6) is 0. The molecule has 13 heavy (non-hydrogen) atoms. The highest BCUT2D eigenvalue weighted by Gasteiger charge is 2.13. The predicted octanol–water partition coefficient (Wildman–Crippen LogP) is 2.95. The van der Waals surface area contributed by atoms with E-state index in [1.807, 2.05) is 18.2 Å². The molecule has 0 saturated carbocycles. The Labute approximate surface area is 78.3 Å². The Morgan fingerprint density at radius 2 is 2.00 bits per heavy atom. The molecular formula is C11H13NO. The molecule has 0 aromatic heterocycles. The van der Waals surface area contributed by atoms with Crippen LogP contribution >= 0.6 is 0 Å². The number of hydrogen-bond donors (Lipinski definition) is 0. The van der Waals surface area contributed by atoms with Gasteiger partial charge in [0.25, 0.3) is 0 Å². The highest BCUT2D eigenvalue weighted by atomic mass is 16.1. The molecule has 0 saturated heterocycles. The summed E-state index contributed by atoms with van der Waals surface area (Å²) in [6.07, 6.45) is 1.54. The lowest BCUT2D eigenvalue weighted by Gasteiger charge is -2.18. The predicted molar refractivity (Wildman–Crippen MR) is 52.9 cm³/mol. The van der Waals surface area contributed by atoms with Crippen molar-refractivity contribution >= 4 is 11.8 Å². The van der Waals surface area contributed by atoms with Crippen LogP contribution in [-0.4, -0.2) is 6.08 Å². The minimum Gasteiger partial charge on any atom is -0.211 e. The summed E-state index contributed by atoms with van der Waals surface area (Å²) >= 11 is 0. The molecule has 0 aliphatic rings. The van der Waals surface area contributed by atoms with Gasteiger partial charge in [-0.25, -0.2) is 4.79 Å². The number of aliphatic imine (C=N–C) groups is 1. The number of isocyanates is 1. The molecular weight excluding hydrogens is 162 g/mol. The van der Waals surface area contributed by atoms with Gasteiger partial charge in [-0.1, -0.05) is 32.9 Å². The Bertz CT molecular complexity index is 343. The van der Waals surface area contributed by atoms with Gasteiger partial charge in [-0.2, -0.15) is 4.99 Å². The fourth-order valence-electron chi connectivity index (χ4n) is 1.09. The smallest absolute Gasteiger partial charge is 0.211 e. The first-order valence-corrected chi connectivity index (χ1v) is 4.22. The molecule has 1 aromatic carbocycles. The molecule has 0 aliphatic heterocycles. The molecule has 0 amide bonds. The molecule has 2 nitrogen and oxygen atoms in total. The van der Waals surface area contributed by atoms with E-state index in [9.17, 15) is 4.79 Å². The van der Waals surface area contributed by atoms with Crippen molar-refractivity contribution in [3.8, 4) is 0 Å². The van der Waals surface area contributed by atoms with Gasteiger partial charge in [0.1, 0.15) is 0 Å². The van der Waals surface area contributed by atoms with E-state index < -0.39 is 0 Å². The average Bonchev–Trinajstić information content (AvgIpc) is 2.04. The van der Waals surface area contributed by atoms with Gasteiger partial charge in [0.05, 0.1) is 5.69 Å². The molecule has 1 rings (SSSR count). The molecule has 0 spiro atoms. The van der Waals surface area contributed by atoms with Crippen LogP contribution in [0.1, 0.15) is 26.3 Å². The number of benzene rings is 1. The van der Waals surface area contributed by atoms with Crippen molar-refractivity contribution in [3.05, 3.63) is 29.8 Å². The van der Waals surface area contributed by atoms with Crippen molar-refractivity contribution in [2.45, 2.75) is 26.2 Å². The largest absolute Gasteiger partial charge is 0.240 e. The van der Waals surface area contributed by atoms with Crippen molar-refractivity contribution in [2.75, 3.05) is 0 Å². The zero-order chi connectivity index (χ0) is 9.90. The lowest BCUT2D eigenvalue weighted by atomic mass is 9.87. The van der Waals surface area contributed by atoms with E-state index in [1.165, 1.54) is 11.6 Å². The highest BCUT2D eigenvalue weighted by molar-refractivity contribution is 5.50. The van der Waals surface area contributed by atoms with E-state index in [2.05, 4.69) is 25.8 Å². The molecule has 1 aromatic rings. The van der Waals surface area contributed by atoms with Crippen LogP contribution in [0.25, 0.3) is 0 Å². The standard InChI is InChI=1S/C11H13NO/c1-11(2,3)9-5-4-6-10(7-9)12-8-13/h4-7H,1-3H3. The van der Waals surface area contributed by atoms with Gasteiger partial charge in [0.2, 0.25) is 6.08 Å². The summed E-state index contributed by atoms with van der Waals surface area (Å²) in [7, 11) is 0. The lowest BCUT2D eigenvalue weighted by molar-refractivity contribution is 0.565. The van der Waals surface area contributed by atoms with Crippen molar-refractivity contribution in [2.24, 2.45) is 4.99 Å². The lowest BCUT2D eigenvalue weighted by Crippen LogP contribution is -2.10. The first kappa shape index (κ1) is 9.69. The summed E-state index contributed by atoms with van der Waals surface area (Å²) in [5.41, 5.74) is 1.93. The Morgan fingerprint density at radius 1 is 1.31 bits per heavy atom. The molecule has 0 atom stereocenters. The second-order valence-electron chi connectivity index (χ2n) is 4.00. The third-order valence-corrected chi connectivity index (χ3v) is 1.89. The number of carbonyl (C=O) groups excluding carboxylic acids is 1. The van der Waals surface area contributed by atoms with E-state index >= 15 is 0 Å².